The minimum absolute atomic E-state index is 0.0439. The number of anilines is 1. The predicted molar refractivity (Wildman–Crippen MR) is 120 cm³/mol. The van der Waals surface area contributed by atoms with E-state index in [9.17, 15) is 5.11 Å². The minimum atomic E-state index is -0.0689. The number of hydrogen-bond acceptors (Lipinski definition) is 5. The lowest BCUT2D eigenvalue weighted by Gasteiger charge is -2.16. The molecule has 0 aliphatic rings. The van der Waals surface area contributed by atoms with Crippen LogP contribution in [0.25, 0.3) is 27.8 Å². The summed E-state index contributed by atoms with van der Waals surface area (Å²) in [6.07, 6.45) is 4.45. The van der Waals surface area contributed by atoms with Crippen molar-refractivity contribution in [3.05, 3.63) is 67.1 Å². The van der Waals surface area contributed by atoms with Crippen LogP contribution >= 0.6 is 0 Å². The van der Waals surface area contributed by atoms with E-state index in [1.165, 1.54) is 0 Å². The Morgan fingerprint density at radius 2 is 1.80 bits per heavy atom. The van der Waals surface area contributed by atoms with Gasteiger partial charge in [-0.2, -0.15) is 0 Å². The van der Waals surface area contributed by atoms with Gasteiger partial charge in [0.1, 0.15) is 17.9 Å². The zero-order chi connectivity index (χ0) is 20.9. The first-order chi connectivity index (χ1) is 14.7. The second-order valence-electron chi connectivity index (χ2n) is 7.06. The highest BCUT2D eigenvalue weighted by Gasteiger charge is 2.18. The first-order valence-corrected chi connectivity index (χ1v) is 10.3. The van der Waals surface area contributed by atoms with Crippen molar-refractivity contribution < 1.29 is 9.84 Å². The molecule has 0 fully saturated rings. The second kappa shape index (κ2) is 8.97. The van der Waals surface area contributed by atoms with Crippen LogP contribution in [0.15, 0.2) is 67.1 Å². The Morgan fingerprint density at radius 1 is 1.03 bits per heavy atom. The summed E-state index contributed by atoms with van der Waals surface area (Å²) < 4.78 is 7.65. The molecule has 1 atom stereocenters. The number of benzene rings is 2. The Bertz CT molecular complexity index is 1100. The lowest BCUT2D eigenvalue weighted by atomic mass is 10.1. The van der Waals surface area contributed by atoms with Crippen molar-refractivity contribution in [2.24, 2.45) is 0 Å². The average molecular weight is 402 g/mol. The molecule has 0 saturated heterocycles. The van der Waals surface area contributed by atoms with Gasteiger partial charge >= 0.3 is 0 Å². The quantitative estimate of drug-likeness (QED) is 0.448. The van der Waals surface area contributed by atoms with Crippen LogP contribution in [0.1, 0.15) is 20.3 Å². The standard InChI is InChI=1S/C24H26N4O2/c1-3-18(15-29)27-23-22-21(17-8-6-5-7-9-17)14-28(24(22)26-16-25-23)19-10-12-20(13-11-19)30-4-2/h5-14,16,18,29H,3-4,15H2,1-2H3,(H,25,26,27)/t18-/m0/s1. The Labute approximate surface area is 176 Å². The maximum atomic E-state index is 9.68. The number of rotatable bonds is 8. The fourth-order valence-electron chi connectivity index (χ4n) is 3.54. The fourth-order valence-corrected chi connectivity index (χ4v) is 3.54. The molecule has 0 spiro atoms. The number of nitrogens with one attached hydrogen (secondary N) is 1. The highest BCUT2D eigenvalue weighted by atomic mass is 16.5. The van der Waals surface area contributed by atoms with E-state index < -0.39 is 0 Å². The number of ether oxygens (including phenoxy) is 1. The third-order valence-corrected chi connectivity index (χ3v) is 5.15. The van der Waals surface area contributed by atoms with E-state index in [0.717, 1.165) is 45.8 Å². The van der Waals surface area contributed by atoms with E-state index in [4.69, 9.17) is 4.74 Å². The second-order valence-corrected chi connectivity index (χ2v) is 7.06. The first kappa shape index (κ1) is 19.9. The Morgan fingerprint density at radius 3 is 2.47 bits per heavy atom. The zero-order valence-corrected chi connectivity index (χ0v) is 17.2. The summed E-state index contributed by atoms with van der Waals surface area (Å²) in [5.74, 6) is 1.57. The molecule has 2 heterocycles. The lowest BCUT2D eigenvalue weighted by Crippen LogP contribution is -2.23. The summed E-state index contributed by atoms with van der Waals surface area (Å²) >= 11 is 0. The van der Waals surface area contributed by atoms with Crippen LogP contribution in [-0.2, 0) is 0 Å². The third kappa shape index (κ3) is 3.86. The molecule has 6 heteroatoms. The maximum absolute atomic E-state index is 9.68. The van der Waals surface area contributed by atoms with Gasteiger partial charge in [0.05, 0.1) is 24.6 Å². The van der Waals surface area contributed by atoms with Gasteiger partial charge in [-0.3, -0.25) is 0 Å². The lowest BCUT2D eigenvalue weighted by molar-refractivity contribution is 0.271. The summed E-state index contributed by atoms with van der Waals surface area (Å²) in [5, 5.41) is 14.0. The van der Waals surface area contributed by atoms with Crippen molar-refractivity contribution in [1.29, 1.82) is 0 Å². The molecule has 2 N–H and O–H groups in total. The van der Waals surface area contributed by atoms with Gasteiger partial charge in [0.2, 0.25) is 0 Å². The molecular formula is C24H26N4O2. The highest BCUT2D eigenvalue weighted by molar-refractivity contribution is 6.02. The van der Waals surface area contributed by atoms with Crippen molar-refractivity contribution in [2.45, 2.75) is 26.3 Å². The van der Waals surface area contributed by atoms with Crippen molar-refractivity contribution in [3.63, 3.8) is 0 Å². The molecule has 154 valence electrons. The van der Waals surface area contributed by atoms with E-state index in [2.05, 4.69) is 38.2 Å². The van der Waals surface area contributed by atoms with Crippen LogP contribution in [0.2, 0.25) is 0 Å². The van der Waals surface area contributed by atoms with E-state index in [-0.39, 0.29) is 12.6 Å². The largest absolute Gasteiger partial charge is 0.494 e. The summed E-state index contributed by atoms with van der Waals surface area (Å²) in [5.41, 5.74) is 3.92. The number of aliphatic hydroxyl groups is 1. The number of aliphatic hydroxyl groups excluding tert-OH is 1. The van der Waals surface area contributed by atoms with Crippen LogP contribution in [0.4, 0.5) is 5.82 Å². The number of fused-ring (bicyclic) bond motifs is 1. The van der Waals surface area contributed by atoms with Gasteiger partial charge < -0.3 is 19.7 Å². The summed E-state index contributed by atoms with van der Waals surface area (Å²) in [6.45, 7) is 4.69. The van der Waals surface area contributed by atoms with Gasteiger partial charge in [-0.25, -0.2) is 9.97 Å². The highest BCUT2D eigenvalue weighted by Crippen LogP contribution is 2.35. The molecule has 6 nitrogen and oxygen atoms in total. The monoisotopic (exact) mass is 402 g/mol. The molecule has 30 heavy (non-hydrogen) atoms. The van der Waals surface area contributed by atoms with Crippen LogP contribution in [0.3, 0.4) is 0 Å². The van der Waals surface area contributed by atoms with Crippen LogP contribution in [-0.4, -0.2) is 38.9 Å². The molecule has 2 aromatic carbocycles. The van der Waals surface area contributed by atoms with Gasteiger partial charge in [-0.05, 0) is 43.2 Å². The maximum Gasteiger partial charge on any atom is 0.150 e. The van der Waals surface area contributed by atoms with Crippen LogP contribution < -0.4 is 10.1 Å². The molecule has 0 aliphatic carbocycles. The third-order valence-electron chi connectivity index (χ3n) is 5.15. The van der Waals surface area contributed by atoms with Crippen molar-refractivity contribution in [3.8, 4) is 22.6 Å². The van der Waals surface area contributed by atoms with Gasteiger partial charge in [-0.1, -0.05) is 37.3 Å². The predicted octanol–water partition coefficient (Wildman–Crippen LogP) is 4.67. The first-order valence-electron chi connectivity index (χ1n) is 10.3. The van der Waals surface area contributed by atoms with E-state index in [1.807, 2.05) is 56.3 Å². The molecule has 0 radical (unpaired) electrons. The smallest absolute Gasteiger partial charge is 0.150 e. The summed E-state index contributed by atoms with van der Waals surface area (Å²) in [4.78, 5) is 9.11. The Kier molecular flexibility index (Phi) is 5.95. The van der Waals surface area contributed by atoms with Crippen LogP contribution in [0.5, 0.6) is 5.75 Å². The summed E-state index contributed by atoms with van der Waals surface area (Å²) in [6, 6.07) is 18.1. The molecule has 0 unspecified atom stereocenters. The molecule has 0 amide bonds. The van der Waals surface area contributed by atoms with E-state index >= 15 is 0 Å². The van der Waals surface area contributed by atoms with Gasteiger partial charge in [0.15, 0.2) is 5.65 Å². The van der Waals surface area contributed by atoms with Crippen molar-refractivity contribution in [2.75, 3.05) is 18.5 Å². The molecule has 2 aromatic heterocycles. The SMILES string of the molecule is CCOc1ccc(-n2cc(-c3ccccc3)c3c(N[C@@H](CC)CO)ncnc32)cc1. The summed E-state index contributed by atoms with van der Waals surface area (Å²) in [7, 11) is 0. The Balaban J connectivity index is 1.90. The number of aromatic nitrogens is 3. The van der Waals surface area contributed by atoms with Crippen molar-refractivity contribution >= 4 is 16.9 Å². The van der Waals surface area contributed by atoms with Gasteiger partial charge in [0.25, 0.3) is 0 Å². The molecule has 0 aliphatic heterocycles. The number of nitrogens with zero attached hydrogens (tertiary/aromatic N) is 3. The molecule has 4 aromatic rings. The molecule has 0 bridgehead atoms. The van der Waals surface area contributed by atoms with Crippen molar-refractivity contribution in [1.82, 2.24) is 14.5 Å². The fraction of sp³-hybridized carbons (Fsp3) is 0.250. The number of hydrogen-bond donors (Lipinski definition) is 2. The topological polar surface area (TPSA) is 72.2 Å². The molecule has 0 saturated carbocycles. The van der Waals surface area contributed by atoms with Gasteiger partial charge in [0, 0.05) is 17.4 Å². The molecule has 4 rings (SSSR count). The Hall–Kier alpha value is -3.38. The minimum Gasteiger partial charge on any atom is -0.494 e. The molecular weight excluding hydrogens is 376 g/mol. The normalized spacial score (nSPS) is 12.1. The van der Waals surface area contributed by atoms with E-state index in [1.54, 1.807) is 6.33 Å². The van der Waals surface area contributed by atoms with Crippen LogP contribution in [0, 0.1) is 0 Å². The average Bonchev–Trinajstić information content (AvgIpc) is 3.19. The van der Waals surface area contributed by atoms with E-state index in [0.29, 0.717) is 6.61 Å². The van der Waals surface area contributed by atoms with Gasteiger partial charge in [-0.15, -0.1) is 0 Å². The zero-order valence-electron chi connectivity index (χ0n) is 17.2.